The lowest BCUT2D eigenvalue weighted by molar-refractivity contribution is -0.138. The molecule has 10 rings (SSSR count). The number of hydrogen-bond acceptors (Lipinski definition) is 3. The summed E-state index contributed by atoms with van der Waals surface area (Å²) in [6, 6.07) is 37.6. The minimum absolute atomic E-state index is 0.0480. The van der Waals surface area contributed by atoms with Gasteiger partial charge in [0.05, 0.1) is 44.4 Å². The molecule has 312 valence electrons. The molecule has 5 nitrogen and oxygen atoms in total. The van der Waals surface area contributed by atoms with Crippen molar-refractivity contribution in [3.8, 4) is 45.5 Å². The van der Waals surface area contributed by atoms with Gasteiger partial charge in [0.1, 0.15) is 0 Å². The fraction of sp³-hybridized carbons (Fsp3) is 0.0816. The average Bonchev–Trinajstić information content (AvgIpc) is 3.76. The van der Waals surface area contributed by atoms with Gasteiger partial charge in [0.2, 0.25) is 0 Å². The molecule has 0 amide bonds. The molecule has 0 bridgehead atoms. The van der Waals surface area contributed by atoms with Crippen molar-refractivity contribution in [2.24, 2.45) is 0 Å². The molecule has 0 fully saturated rings. The van der Waals surface area contributed by atoms with Crippen molar-refractivity contribution >= 4 is 43.6 Å². The molecule has 0 atom stereocenters. The second kappa shape index (κ2) is 14.3. The molecule has 0 saturated heterocycles. The smallest absolute Gasteiger partial charge is 0.309 e. The fourth-order valence-electron chi connectivity index (χ4n) is 8.18. The summed E-state index contributed by atoms with van der Waals surface area (Å²) in [5.41, 5.74) is -1.04. The van der Waals surface area contributed by atoms with Crippen molar-refractivity contribution in [2.75, 3.05) is 0 Å². The van der Waals surface area contributed by atoms with Crippen LogP contribution < -0.4 is 0 Å². The van der Waals surface area contributed by atoms with Crippen molar-refractivity contribution in [3.05, 3.63) is 174 Å². The molecule has 3 aromatic heterocycles. The van der Waals surface area contributed by atoms with Gasteiger partial charge in [-0.2, -0.15) is 39.5 Å². The van der Waals surface area contributed by atoms with E-state index in [1.54, 1.807) is 49.4 Å². The number of nitrogens with zero attached hydrogens (tertiary/aromatic N) is 5. The van der Waals surface area contributed by atoms with Crippen LogP contribution in [0.15, 0.2) is 152 Å². The number of rotatable bonds is 5. The van der Waals surface area contributed by atoms with Crippen LogP contribution in [0.5, 0.6) is 0 Å². The van der Waals surface area contributed by atoms with Gasteiger partial charge >= 0.3 is 18.5 Å². The Labute approximate surface area is 351 Å². The van der Waals surface area contributed by atoms with E-state index >= 15 is 13.2 Å². The van der Waals surface area contributed by atoms with E-state index < -0.39 is 40.9 Å². The molecule has 0 spiro atoms. The number of halogens is 9. The van der Waals surface area contributed by atoms with Crippen LogP contribution in [0, 0.1) is 6.92 Å². The minimum Gasteiger partial charge on any atom is -0.309 e. The van der Waals surface area contributed by atoms with Crippen molar-refractivity contribution in [3.63, 3.8) is 0 Å². The van der Waals surface area contributed by atoms with Crippen LogP contribution in [0.1, 0.15) is 22.3 Å². The van der Waals surface area contributed by atoms with E-state index in [-0.39, 0.29) is 49.7 Å². The second-order valence-corrected chi connectivity index (χ2v) is 15.1. The molecule has 3 heterocycles. The predicted molar refractivity (Wildman–Crippen MR) is 225 cm³/mol. The summed E-state index contributed by atoms with van der Waals surface area (Å²) in [7, 11) is 0. The zero-order valence-electron chi connectivity index (χ0n) is 32.6. The van der Waals surface area contributed by atoms with E-state index in [0.29, 0.717) is 28.2 Å². The highest BCUT2D eigenvalue weighted by Crippen LogP contribution is 2.45. The largest absolute Gasteiger partial charge is 0.418 e. The first kappa shape index (κ1) is 39.6. The summed E-state index contributed by atoms with van der Waals surface area (Å²) in [5.74, 6) is 1.04. The van der Waals surface area contributed by atoms with Crippen molar-refractivity contribution in [2.45, 2.75) is 25.5 Å². The molecule has 7 aromatic carbocycles. The topological polar surface area (TPSA) is 48.5 Å². The Balaban J connectivity index is 1.22. The van der Waals surface area contributed by atoms with Gasteiger partial charge in [-0.25, -0.2) is 15.0 Å². The molecule has 0 unspecified atom stereocenters. The standard InChI is InChI=1S/C49H28F9N5/c1-27-12-19-34-35-20-15-32(48(53,54)55)24-41(35)63(39(34)22-27)43-25-37-36-21-16-31(47(50,51)52)23-40(36)62(42(37)26-38(43)49(56,57)58)33-17-13-30(14-18-33)46-60-44(28-8-4-2-5-9-28)59-45(61-46)29-10-6-3-7-11-29/h2-26H,1H3. The summed E-state index contributed by atoms with van der Waals surface area (Å²) in [6.45, 7) is 1.71. The average molecular weight is 858 g/mol. The molecule has 0 aliphatic rings. The third-order valence-electron chi connectivity index (χ3n) is 11.1. The zero-order chi connectivity index (χ0) is 44.0. The van der Waals surface area contributed by atoms with E-state index in [1.807, 2.05) is 60.7 Å². The summed E-state index contributed by atoms with van der Waals surface area (Å²) in [4.78, 5) is 14.2. The van der Waals surface area contributed by atoms with E-state index in [9.17, 15) is 26.3 Å². The monoisotopic (exact) mass is 857 g/mol. The first-order chi connectivity index (χ1) is 30.0. The molecule has 0 radical (unpaired) electrons. The van der Waals surface area contributed by atoms with E-state index in [4.69, 9.17) is 15.0 Å². The molecule has 0 saturated carbocycles. The fourth-order valence-corrected chi connectivity index (χ4v) is 8.18. The second-order valence-electron chi connectivity index (χ2n) is 15.1. The van der Waals surface area contributed by atoms with Gasteiger partial charge in [-0.15, -0.1) is 0 Å². The predicted octanol–water partition coefficient (Wildman–Crippen LogP) is 14.4. The molecular formula is C49H28F9N5. The SMILES string of the molecule is Cc1ccc2c3ccc(C(F)(F)F)cc3n(-c3cc4c5ccc(C(F)(F)F)cc5n(-c5ccc(-c6nc(-c7ccccc7)nc(-c7ccccc7)n6)cc5)c4cc3C(F)(F)F)c2c1. The Morgan fingerprint density at radius 1 is 0.381 bits per heavy atom. The van der Waals surface area contributed by atoms with Gasteiger partial charge in [0, 0.05) is 43.9 Å². The number of hydrogen-bond donors (Lipinski definition) is 0. The third kappa shape index (κ3) is 6.91. The number of benzene rings is 7. The Morgan fingerprint density at radius 3 is 1.30 bits per heavy atom. The Morgan fingerprint density at radius 2 is 0.810 bits per heavy atom. The van der Waals surface area contributed by atoms with Gasteiger partial charge < -0.3 is 9.13 Å². The van der Waals surface area contributed by atoms with Crippen LogP contribution >= 0.6 is 0 Å². The van der Waals surface area contributed by atoms with Gasteiger partial charge in [-0.1, -0.05) is 84.9 Å². The maximum Gasteiger partial charge on any atom is 0.418 e. The van der Waals surface area contributed by atoms with Crippen LogP contribution in [0.4, 0.5) is 39.5 Å². The highest BCUT2D eigenvalue weighted by molar-refractivity contribution is 6.13. The minimum atomic E-state index is -5.08. The Kier molecular flexibility index (Phi) is 9.00. The van der Waals surface area contributed by atoms with Crippen LogP contribution in [-0.2, 0) is 18.5 Å². The van der Waals surface area contributed by atoms with Gasteiger partial charge in [0.15, 0.2) is 17.5 Å². The zero-order valence-corrected chi connectivity index (χ0v) is 32.6. The summed E-state index contributed by atoms with van der Waals surface area (Å²) in [6.07, 6.45) is -14.7. The molecule has 0 N–H and O–H groups in total. The lowest BCUT2D eigenvalue weighted by Crippen LogP contribution is -2.12. The number of fused-ring (bicyclic) bond motifs is 6. The molecule has 63 heavy (non-hydrogen) atoms. The summed E-state index contributed by atoms with van der Waals surface area (Å²) >= 11 is 0. The number of alkyl halides is 9. The summed E-state index contributed by atoms with van der Waals surface area (Å²) in [5, 5.41) is 1.02. The normalized spacial score (nSPS) is 12.6. The van der Waals surface area contributed by atoms with Crippen molar-refractivity contribution in [1.29, 1.82) is 0 Å². The van der Waals surface area contributed by atoms with Gasteiger partial charge in [-0.05, 0) is 79.2 Å². The van der Waals surface area contributed by atoms with Crippen molar-refractivity contribution in [1.82, 2.24) is 24.1 Å². The van der Waals surface area contributed by atoms with Gasteiger partial charge in [-0.3, -0.25) is 0 Å². The van der Waals surface area contributed by atoms with Crippen molar-refractivity contribution < 1.29 is 39.5 Å². The number of aromatic nitrogens is 5. The lowest BCUT2D eigenvalue weighted by atomic mass is 10.1. The molecular weight excluding hydrogens is 830 g/mol. The van der Waals surface area contributed by atoms with E-state index in [0.717, 1.165) is 46.0 Å². The molecule has 0 aliphatic carbocycles. The molecule has 14 heteroatoms. The Bertz CT molecular complexity index is 3350. The maximum atomic E-state index is 15.5. The quantitative estimate of drug-likeness (QED) is 0.162. The Hall–Kier alpha value is -7.48. The van der Waals surface area contributed by atoms with Crippen LogP contribution in [0.25, 0.3) is 89.2 Å². The molecule has 10 aromatic rings. The van der Waals surface area contributed by atoms with Crippen LogP contribution in [0.3, 0.4) is 0 Å². The first-order valence-corrected chi connectivity index (χ1v) is 19.4. The number of aryl methyl sites for hydroxylation is 1. The highest BCUT2D eigenvalue weighted by Gasteiger charge is 2.38. The highest BCUT2D eigenvalue weighted by atomic mass is 19.4. The first-order valence-electron chi connectivity index (χ1n) is 19.4. The van der Waals surface area contributed by atoms with E-state index in [2.05, 4.69) is 0 Å². The van der Waals surface area contributed by atoms with Crippen LogP contribution in [0.2, 0.25) is 0 Å². The van der Waals surface area contributed by atoms with Gasteiger partial charge in [0.25, 0.3) is 0 Å². The molecule has 0 aliphatic heterocycles. The third-order valence-corrected chi connectivity index (χ3v) is 11.1. The van der Waals surface area contributed by atoms with Crippen LogP contribution in [-0.4, -0.2) is 24.1 Å². The maximum absolute atomic E-state index is 15.5. The lowest BCUT2D eigenvalue weighted by Gasteiger charge is -2.18. The van der Waals surface area contributed by atoms with E-state index in [1.165, 1.54) is 22.8 Å². The summed E-state index contributed by atoms with van der Waals surface area (Å²) < 4.78 is 134.